The molecule has 0 fully saturated rings. The first-order valence-electron chi connectivity index (χ1n) is 7.65. The molecule has 0 aliphatic heterocycles. The summed E-state index contributed by atoms with van der Waals surface area (Å²) in [4.78, 5) is 12.1. The molecule has 3 rings (SSSR count). The number of aryl methyl sites for hydroxylation is 2. The summed E-state index contributed by atoms with van der Waals surface area (Å²) >= 11 is 6.80. The Kier molecular flexibility index (Phi) is 5.65. The van der Waals surface area contributed by atoms with Gasteiger partial charge in [0.05, 0.1) is 5.69 Å². The van der Waals surface area contributed by atoms with Crippen molar-refractivity contribution in [1.29, 1.82) is 0 Å². The molecule has 128 valence electrons. The highest BCUT2D eigenvalue weighted by atomic mass is 79.9. The summed E-state index contributed by atoms with van der Waals surface area (Å²) in [6.45, 7) is 2.02. The lowest BCUT2D eigenvalue weighted by atomic mass is 10.1. The molecule has 0 spiro atoms. The van der Waals surface area contributed by atoms with Gasteiger partial charge >= 0.3 is 0 Å². The van der Waals surface area contributed by atoms with Crippen LogP contribution in [-0.4, -0.2) is 16.1 Å². The number of benzene rings is 2. The minimum absolute atomic E-state index is 0.117. The molecule has 0 saturated heterocycles. The van der Waals surface area contributed by atoms with Gasteiger partial charge in [0, 0.05) is 27.4 Å². The highest BCUT2D eigenvalue weighted by Crippen LogP contribution is 2.26. The van der Waals surface area contributed by atoms with E-state index in [1.54, 1.807) is 0 Å². The number of carbonyl (C=O) groups is 1. The summed E-state index contributed by atoms with van der Waals surface area (Å²) in [6, 6.07) is 13.4. The second-order valence-electron chi connectivity index (χ2n) is 5.54. The zero-order chi connectivity index (χ0) is 17.8. The van der Waals surface area contributed by atoms with Gasteiger partial charge in [-0.3, -0.25) is 4.79 Å². The number of nitrogens with one attached hydrogen (secondary N) is 1. The highest BCUT2D eigenvalue weighted by molar-refractivity contribution is 9.11. The topological polar surface area (TPSA) is 68.0 Å². The van der Waals surface area contributed by atoms with E-state index in [2.05, 4.69) is 47.4 Å². The van der Waals surface area contributed by atoms with E-state index in [0.29, 0.717) is 23.9 Å². The molecule has 0 radical (unpaired) electrons. The third-order valence-electron chi connectivity index (χ3n) is 3.53. The molecule has 1 amide bonds. The van der Waals surface area contributed by atoms with Crippen LogP contribution in [0.25, 0.3) is 11.5 Å². The Hall–Kier alpha value is -1.99. The van der Waals surface area contributed by atoms with Crippen molar-refractivity contribution in [3.8, 4) is 11.5 Å². The van der Waals surface area contributed by atoms with Crippen LogP contribution in [0.3, 0.4) is 0 Å². The van der Waals surface area contributed by atoms with Crippen molar-refractivity contribution >= 4 is 43.5 Å². The molecule has 2 aromatic carbocycles. The van der Waals surface area contributed by atoms with Crippen molar-refractivity contribution in [1.82, 2.24) is 10.2 Å². The number of anilines is 1. The Bertz CT molecular complexity index is 892. The van der Waals surface area contributed by atoms with Crippen LogP contribution in [0.15, 0.2) is 55.8 Å². The zero-order valence-corrected chi connectivity index (χ0v) is 16.6. The molecular formula is C18H15Br2N3O2. The van der Waals surface area contributed by atoms with Crippen molar-refractivity contribution in [2.45, 2.75) is 19.8 Å². The van der Waals surface area contributed by atoms with E-state index < -0.39 is 0 Å². The van der Waals surface area contributed by atoms with Crippen LogP contribution in [0.4, 0.5) is 5.69 Å². The number of carbonyl (C=O) groups excluding carboxylic acids is 1. The third kappa shape index (κ3) is 4.76. The number of nitrogens with zero attached hydrogens (tertiary/aromatic N) is 2. The molecule has 1 aromatic heterocycles. The van der Waals surface area contributed by atoms with Crippen LogP contribution in [0, 0.1) is 6.92 Å². The molecule has 0 unspecified atom stereocenters. The SMILES string of the molecule is Cc1ccc(-c2nnc(CCC(=O)Nc3cc(Br)ccc3Br)o2)cc1. The van der Waals surface area contributed by atoms with Crippen LogP contribution in [-0.2, 0) is 11.2 Å². The van der Waals surface area contributed by atoms with E-state index >= 15 is 0 Å². The number of hydrogen-bond acceptors (Lipinski definition) is 4. The molecule has 0 saturated carbocycles. The lowest BCUT2D eigenvalue weighted by Crippen LogP contribution is -2.12. The predicted octanol–water partition coefficient (Wildman–Crippen LogP) is 5.14. The van der Waals surface area contributed by atoms with Gasteiger partial charge in [-0.1, -0.05) is 33.6 Å². The molecule has 0 aliphatic carbocycles. The minimum atomic E-state index is -0.117. The van der Waals surface area contributed by atoms with E-state index in [1.807, 2.05) is 49.4 Å². The quantitative estimate of drug-likeness (QED) is 0.567. The van der Waals surface area contributed by atoms with Gasteiger partial charge in [0.1, 0.15) is 0 Å². The Morgan fingerprint density at radius 3 is 2.64 bits per heavy atom. The van der Waals surface area contributed by atoms with Gasteiger partial charge < -0.3 is 9.73 Å². The van der Waals surface area contributed by atoms with E-state index in [1.165, 1.54) is 5.56 Å². The van der Waals surface area contributed by atoms with Crippen LogP contribution < -0.4 is 5.32 Å². The maximum absolute atomic E-state index is 12.1. The number of aromatic nitrogens is 2. The fraction of sp³-hybridized carbons (Fsp3) is 0.167. The van der Waals surface area contributed by atoms with Crippen LogP contribution in [0.5, 0.6) is 0 Å². The number of rotatable bonds is 5. The Morgan fingerprint density at radius 1 is 1.12 bits per heavy atom. The van der Waals surface area contributed by atoms with Gasteiger partial charge in [-0.25, -0.2) is 0 Å². The van der Waals surface area contributed by atoms with E-state index in [-0.39, 0.29) is 12.3 Å². The van der Waals surface area contributed by atoms with Crippen molar-refractivity contribution in [3.05, 3.63) is 62.9 Å². The van der Waals surface area contributed by atoms with E-state index in [4.69, 9.17) is 4.42 Å². The zero-order valence-electron chi connectivity index (χ0n) is 13.4. The van der Waals surface area contributed by atoms with Gasteiger partial charge in [0.2, 0.25) is 17.7 Å². The maximum Gasteiger partial charge on any atom is 0.247 e. The molecular weight excluding hydrogens is 450 g/mol. The smallest absolute Gasteiger partial charge is 0.247 e. The first-order chi connectivity index (χ1) is 12.0. The van der Waals surface area contributed by atoms with Gasteiger partial charge in [0.25, 0.3) is 0 Å². The Morgan fingerprint density at radius 2 is 1.88 bits per heavy atom. The monoisotopic (exact) mass is 463 g/mol. The normalized spacial score (nSPS) is 10.7. The molecule has 0 atom stereocenters. The average molecular weight is 465 g/mol. The molecule has 25 heavy (non-hydrogen) atoms. The second kappa shape index (κ2) is 7.93. The molecule has 7 heteroatoms. The lowest BCUT2D eigenvalue weighted by Gasteiger charge is -2.07. The first kappa shape index (κ1) is 17.8. The highest BCUT2D eigenvalue weighted by Gasteiger charge is 2.11. The van der Waals surface area contributed by atoms with Gasteiger partial charge in [0.15, 0.2) is 0 Å². The maximum atomic E-state index is 12.1. The molecule has 0 aliphatic rings. The van der Waals surface area contributed by atoms with Crippen molar-refractivity contribution in [2.24, 2.45) is 0 Å². The molecule has 1 N–H and O–H groups in total. The Balaban J connectivity index is 1.59. The van der Waals surface area contributed by atoms with E-state index in [0.717, 1.165) is 14.5 Å². The van der Waals surface area contributed by atoms with Crippen molar-refractivity contribution < 1.29 is 9.21 Å². The fourth-order valence-corrected chi connectivity index (χ4v) is 2.90. The van der Waals surface area contributed by atoms with Crippen molar-refractivity contribution in [2.75, 3.05) is 5.32 Å². The largest absolute Gasteiger partial charge is 0.421 e. The summed E-state index contributed by atoms with van der Waals surface area (Å²) in [5.74, 6) is 0.790. The average Bonchev–Trinajstić information content (AvgIpc) is 3.06. The molecule has 3 aromatic rings. The number of amides is 1. The summed E-state index contributed by atoms with van der Waals surface area (Å²) in [7, 11) is 0. The number of halogens is 2. The summed E-state index contributed by atoms with van der Waals surface area (Å²) in [6.07, 6.45) is 0.644. The summed E-state index contributed by atoms with van der Waals surface area (Å²) in [5.41, 5.74) is 2.75. The second-order valence-corrected chi connectivity index (χ2v) is 7.31. The van der Waals surface area contributed by atoms with Crippen LogP contribution in [0.2, 0.25) is 0 Å². The summed E-state index contributed by atoms with van der Waals surface area (Å²) in [5, 5.41) is 10.9. The predicted molar refractivity (Wildman–Crippen MR) is 103 cm³/mol. The first-order valence-corrected chi connectivity index (χ1v) is 9.24. The molecule has 0 bridgehead atoms. The van der Waals surface area contributed by atoms with Crippen LogP contribution >= 0.6 is 31.9 Å². The minimum Gasteiger partial charge on any atom is -0.421 e. The lowest BCUT2D eigenvalue weighted by molar-refractivity contribution is -0.116. The summed E-state index contributed by atoms with van der Waals surface area (Å²) < 4.78 is 7.35. The van der Waals surface area contributed by atoms with Gasteiger partial charge in [-0.05, 0) is 53.2 Å². The van der Waals surface area contributed by atoms with Gasteiger partial charge in [-0.15, -0.1) is 10.2 Å². The third-order valence-corrected chi connectivity index (χ3v) is 4.72. The van der Waals surface area contributed by atoms with Crippen molar-refractivity contribution in [3.63, 3.8) is 0 Å². The molecule has 5 nitrogen and oxygen atoms in total. The standard InChI is InChI=1S/C18H15Br2N3O2/c1-11-2-4-12(5-3-11)18-23-22-17(25-18)9-8-16(24)21-15-10-13(19)6-7-14(15)20/h2-7,10H,8-9H2,1H3,(H,21,24). The molecule has 1 heterocycles. The van der Waals surface area contributed by atoms with Gasteiger partial charge in [-0.2, -0.15) is 0 Å². The Labute approximate surface area is 162 Å². The van der Waals surface area contributed by atoms with E-state index in [9.17, 15) is 4.79 Å². The number of hydrogen-bond donors (Lipinski definition) is 1. The van der Waals surface area contributed by atoms with Crippen LogP contribution in [0.1, 0.15) is 17.9 Å². The fourth-order valence-electron chi connectivity index (χ4n) is 2.19.